The number of amides is 1. The third kappa shape index (κ3) is 5.56. The van der Waals surface area contributed by atoms with Gasteiger partial charge in [0.05, 0.1) is 22.3 Å². The number of hydrogen-bond donors (Lipinski definition) is 1. The lowest BCUT2D eigenvalue weighted by Crippen LogP contribution is -2.25. The zero-order chi connectivity index (χ0) is 19.3. The zero-order valence-corrected chi connectivity index (χ0v) is 19.2. The molecule has 1 amide bonds. The Morgan fingerprint density at radius 2 is 1.81 bits per heavy atom. The van der Waals surface area contributed by atoms with Crippen molar-refractivity contribution in [1.29, 1.82) is 0 Å². The summed E-state index contributed by atoms with van der Waals surface area (Å²) in [6, 6.07) is 7.64. The summed E-state index contributed by atoms with van der Waals surface area (Å²) >= 11 is 10.3. The molecule has 0 aliphatic rings. The molecule has 0 spiro atoms. The lowest BCUT2D eigenvalue weighted by atomic mass is 10.1. The van der Waals surface area contributed by atoms with Gasteiger partial charge < -0.3 is 9.47 Å². The monoisotopic (exact) mass is 546 g/mol. The first-order chi connectivity index (χ1) is 12.3. The van der Waals surface area contributed by atoms with Crippen LogP contribution in [-0.4, -0.2) is 25.8 Å². The molecular weight excluding hydrogens is 532 g/mol. The van der Waals surface area contributed by atoms with E-state index < -0.39 is 0 Å². The molecule has 0 heterocycles. The molecular formula is C18H17Br3N2O3. The third-order valence-electron chi connectivity index (χ3n) is 3.36. The van der Waals surface area contributed by atoms with E-state index in [-0.39, 0.29) is 12.5 Å². The number of nitrogens with zero attached hydrogens (tertiary/aromatic N) is 1. The summed E-state index contributed by atoms with van der Waals surface area (Å²) in [5.74, 6) is 0.912. The summed E-state index contributed by atoms with van der Waals surface area (Å²) in [6.45, 7) is 3.79. The highest BCUT2D eigenvalue weighted by atomic mass is 79.9. The number of hydrazone groups is 1. The Balaban J connectivity index is 1.99. The van der Waals surface area contributed by atoms with Gasteiger partial charge in [-0.2, -0.15) is 5.10 Å². The maximum absolute atomic E-state index is 12.0. The van der Waals surface area contributed by atoms with Gasteiger partial charge in [-0.25, -0.2) is 5.43 Å². The van der Waals surface area contributed by atoms with Crippen LogP contribution in [0.4, 0.5) is 0 Å². The molecule has 2 aromatic rings. The molecule has 0 unspecified atom stereocenters. The Hall–Kier alpha value is -1.38. The fourth-order valence-corrected chi connectivity index (χ4v) is 4.53. The van der Waals surface area contributed by atoms with Crippen LogP contribution in [0.1, 0.15) is 16.7 Å². The fourth-order valence-electron chi connectivity index (χ4n) is 2.32. The van der Waals surface area contributed by atoms with Crippen LogP contribution in [0.25, 0.3) is 0 Å². The van der Waals surface area contributed by atoms with Crippen LogP contribution in [0.3, 0.4) is 0 Å². The van der Waals surface area contributed by atoms with Crippen molar-refractivity contribution >= 4 is 59.9 Å². The predicted molar refractivity (Wildman–Crippen MR) is 113 cm³/mol. The number of ether oxygens (including phenoxy) is 2. The van der Waals surface area contributed by atoms with E-state index in [1.165, 1.54) is 6.21 Å². The number of carbonyl (C=O) groups excluding carboxylic acids is 1. The maximum Gasteiger partial charge on any atom is 0.277 e. The number of benzene rings is 2. The van der Waals surface area contributed by atoms with Crippen LogP contribution in [-0.2, 0) is 4.79 Å². The summed E-state index contributed by atoms with van der Waals surface area (Å²) in [5, 5.41) is 3.97. The lowest BCUT2D eigenvalue weighted by Gasteiger charge is -2.11. The molecule has 0 saturated heterocycles. The molecule has 138 valence electrons. The van der Waals surface area contributed by atoms with Gasteiger partial charge in [0.25, 0.3) is 5.91 Å². The summed E-state index contributed by atoms with van der Waals surface area (Å²) in [7, 11) is 1.57. The smallest absolute Gasteiger partial charge is 0.277 e. The molecule has 0 atom stereocenters. The molecule has 1 N–H and O–H groups in total. The molecule has 2 aromatic carbocycles. The van der Waals surface area contributed by atoms with Gasteiger partial charge >= 0.3 is 0 Å². The minimum absolute atomic E-state index is 0.140. The molecule has 0 aliphatic heterocycles. The highest BCUT2D eigenvalue weighted by molar-refractivity contribution is 9.11. The van der Waals surface area contributed by atoms with Crippen LogP contribution >= 0.6 is 47.8 Å². The van der Waals surface area contributed by atoms with Crippen LogP contribution in [0.5, 0.6) is 11.5 Å². The third-order valence-corrected chi connectivity index (χ3v) is 4.99. The van der Waals surface area contributed by atoms with Gasteiger partial charge in [0.2, 0.25) is 0 Å². The van der Waals surface area contributed by atoms with E-state index >= 15 is 0 Å². The Bertz CT molecular complexity index is 831. The van der Waals surface area contributed by atoms with Crippen molar-refractivity contribution in [2.24, 2.45) is 5.10 Å². The number of rotatable bonds is 6. The second kappa shape index (κ2) is 9.53. The summed E-state index contributed by atoms with van der Waals surface area (Å²) in [6.07, 6.45) is 1.51. The van der Waals surface area contributed by atoms with E-state index in [2.05, 4.69) is 58.3 Å². The average Bonchev–Trinajstić information content (AvgIpc) is 2.53. The fraction of sp³-hybridized carbons (Fsp3) is 0.222. The minimum atomic E-state index is -0.360. The second-order valence-corrected chi connectivity index (χ2v) is 8.11. The Kier molecular flexibility index (Phi) is 7.67. The normalized spacial score (nSPS) is 10.8. The number of aryl methyl sites for hydroxylation is 2. The van der Waals surface area contributed by atoms with Gasteiger partial charge in [0, 0.05) is 10.0 Å². The number of halogens is 3. The van der Waals surface area contributed by atoms with Gasteiger partial charge in [-0.3, -0.25) is 4.79 Å². The highest BCUT2D eigenvalue weighted by Gasteiger charge is 2.10. The first-order valence-corrected chi connectivity index (χ1v) is 9.94. The minimum Gasteiger partial charge on any atom is -0.495 e. The van der Waals surface area contributed by atoms with Crippen molar-refractivity contribution in [3.05, 3.63) is 54.4 Å². The van der Waals surface area contributed by atoms with Crippen molar-refractivity contribution in [2.45, 2.75) is 13.8 Å². The van der Waals surface area contributed by atoms with E-state index in [9.17, 15) is 4.79 Å². The highest BCUT2D eigenvalue weighted by Crippen LogP contribution is 2.32. The van der Waals surface area contributed by atoms with E-state index in [0.717, 1.165) is 24.5 Å². The van der Waals surface area contributed by atoms with Crippen molar-refractivity contribution in [3.63, 3.8) is 0 Å². The summed E-state index contributed by atoms with van der Waals surface area (Å²) in [5.41, 5.74) is 5.23. The van der Waals surface area contributed by atoms with E-state index in [1.54, 1.807) is 7.11 Å². The number of methoxy groups -OCH3 is 1. The van der Waals surface area contributed by atoms with E-state index in [0.29, 0.717) is 17.1 Å². The molecule has 0 saturated carbocycles. The van der Waals surface area contributed by atoms with Crippen molar-refractivity contribution in [1.82, 2.24) is 5.43 Å². The van der Waals surface area contributed by atoms with Crippen molar-refractivity contribution < 1.29 is 14.3 Å². The Labute approximate surface area is 177 Å². The van der Waals surface area contributed by atoms with E-state index in [1.807, 2.05) is 38.1 Å². The van der Waals surface area contributed by atoms with Crippen LogP contribution in [0, 0.1) is 13.8 Å². The molecule has 0 aromatic heterocycles. The molecule has 26 heavy (non-hydrogen) atoms. The average molecular weight is 549 g/mol. The first kappa shape index (κ1) is 20.9. The zero-order valence-electron chi connectivity index (χ0n) is 14.4. The molecule has 0 aliphatic carbocycles. The van der Waals surface area contributed by atoms with Gasteiger partial charge in [-0.1, -0.05) is 22.0 Å². The van der Waals surface area contributed by atoms with Gasteiger partial charge in [-0.15, -0.1) is 0 Å². The van der Waals surface area contributed by atoms with Gasteiger partial charge in [0.1, 0.15) is 11.5 Å². The first-order valence-electron chi connectivity index (χ1n) is 7.56. The molecule has 0 radical (unpaired) electrons. The van der Waals surface area contributed by atoms with E-state index in [4.69, 9.17) is 9.47 Å². The molecule has 2 rings (SSSR count). The largest absolute Gasteiger partial charge is 0.495 e. The molecule has 5 nitrogen and oxygen atoms in total. The van der Waals surface area contributed by atoms with Gasteiger partial charge in [0.15, 0.2) is 6.61 Å². The Morgan fingerprint density at radius 3 is 2.46 bits per heavy atom. The SMILES string of the molecule is COc1c(Br)cc(Br)cc1C=NNC(=O)COc1c(C)cc(C)cc1Br. The van der Waals surface area contributed by atoms with Crippen molar-refractivity contribution in [2.75, 3.05) is 13.7 Å². The molecule has 8 heteroatoms. The summed E-state index contributed by atoms with van der Waals surface area (Å²) in [4.78, 5) is 12.0. The number of nitrogens with one attached hydrogen (secondary N) is 1. The standard InChI is InChI=1S/C18H17Br3N2O3/c1-10-4-11(2)17(14(20)5-10)26-9-16(24)23-22-8-12-6-13(19)7-15(21)18(12)25-3/h4-8H,9H2,1-3H3,(H,23,24). The van der Waals surface area contributed by atoms with Crippen LogP contribution in [0.2, 0.25) is 0 Å². The molecule has 0 fully saturated rings. The topological polar surface area (TPSA) is 59.9 Å². The molecule has 0 bridgehead atoms. The predicted octanol–water partition coefficient (Wildman–Crippen LogP) is 5.13. The van der Waals surface area contributed by atoms with Crippen LogP contribution in [0.15, 0.2) is 42.8 Å². The maximum atomic E-state index is 12.0. The van der Waals surface area contributed by atoms with Gasteiger partial charge in [-0.05, 0) is 75.0 Å². The number of carbonyl (C=O) groups is 1. The second-order valence-electron chi connectivity index (χ2n) is 5.48. The van der Waals surface area contributed by atoms with Crippen LogP contribution < -0.4 is 14.9 Å². The number of hydrogen-bond acceptors (Lipinski definition) is 4. The Morgan fingerprint density at radius 1 is 1.12 bits per heavy atom. The quantitative estimate of drug-likeness (QED) is 0.402. The lowest BCUT2D eigenvalue weighted by molar-refractivity contribution is -0.123. The van der Waals surface area contributed by atoms with Crippen molar-refractivity contribution in [3.8, 4) is 11.5 Å². The summed E-state index contributed by atoms with van der Waals surface area (Å²) < 4.78 is 13.4.